The molecular formula is C18H23N3O2. The third-order valence-corrected chi connectivity index (χ3v) is 3.39. The predicted octanol–water partition coefficient (Wildman–Crippen LogP) is 1.53. The highest BCUT2D eigenvalue weighted by atomic mass is 16.6. The lowest BCUT2D eigenvalue weighted by Crippen LogP contribution is -2.34. The number of carbonyl (C=O) groups excluding carboxylic acids is 1. The van der Waals surface area contributed by atoms with Crippen LogP contribution in [-0.4, -0.2) is 19.1 Å². The van der Waals surface area contributed by atoms with Crippen LogP contribution in [0.15, 0.2) is 54.6 Å². The van der Waals surface area contributed by atoms with E-state index in [1.165, 1.54) is 0 Å². The van der Waals surface area contributed by atoms with Crippen molar-refractivity contribution in [3.63, 3.8) is 0 Å². The minimum atomic E-state index is -0.181. The van der Waals surface area contributed by atoms with Crippen LogP contribution >= 0.6 is 0 Å². The first-order chi connectivity index (χ1) is 11.3. The first-order valence-corrected chi connectivity index (χ1v) is 7.71. The highest BCUT2D eigenvalue weighted by Crippen LogP contribution is 2.04. The fraction of sp³-hybridized carbons (Fsp3) is 0.278. The highest BCUT2D eigenvalue weighted by Gasteiger charge is 2.01. The number of carbonyl (C=O) groups is 1. The largest absolute Gasteiger partial charge is 0.326 e. The van der Waals surface area contributed by atoms with E-state index in [0.717, 1.165) is 23.1 Å². The van der Waals surface area contributed by atoms with Crippen LogP contribution < -0.4 is 16.5 Å². The van der Waals surface area contributed by atoms with E-state index in [-0.39, 0.29) is 12.5 Å². The third kappa shape index (κ3) is 6.61. The lowest BCUT2D eigenvalue weighted by molar-refractivity contribution is -0.132. The van der Waals surface area contributed by atoms with Gasteiger partial charge in [-0.15, -0.1) is 0 Å². The number of benzene rings is 2. The molecule has 0 saturated carbocycles. The van der Waals surface area contributed by atoms with Gasteiger partial charge < -0.3 is 11.1 Å². The number of hydrogen-bond donors (Lipinski definition) is 3. The van der Waals surface area contributed by atoms with E-state index in [1.807, 2.05) is 54.6 Å². The summed E-state index contributed by atoms with van der Waals surface area (Å²) >= 11 is 0. The fourth-order valence-corrected chi connectivity index (χ4v) is 2.09. The normalized spacial score (nSPS) is 10.5. The molecule has 4 N–H and O–H groups in total. The van der Waals surface area contributed by atoms with Gasteiger partial charge in [-0.2, -0.15) is 0 Å². The molecule has 2 rings (SSSR count). The smallest absolute Gasteiger partial charge is 0.257 e. The van der Waals surface area contributed by atoms with Crippen LogP contribution in [0.5, 0.6) is 0 Å². The van der Waals surface area contributed by atoms with Crippen molar-refractivity contribution >= 4 is 5.91 Å². The van der Waals surface area contributed by atoms with E-state index in [1.54, 1.807) is 0 Å². The van der Waals surface area contributed by atoms with Crippen LogP contribution in [0.25, 0.3) is 0 Å². The van der Waals surface area contributed by atoms with Gasteiger partial charge in [0, 0.05) is 13.1 Å². The quantitative estimate of drug-likeness (QED) is 0.485. The van der Waals surface area contributed by atoms with Gasteiger partial charge in [-0.05, 0) is 23.1 Å². The maximum absolute atomic E-state index is 11.6. The summed E-state index contributed by atoms with van der Waals surface area (Å²) in [7, 11) is 0. The molecule has 0 radical (unpaired) electrons. The topological polar surface area (TPSA) is 76.4 Å². The zero-order valence-corrected chi connectivity index (χ0v) is 13.1. The van der Waals surface area contributed by atoms with E-state index in [9.17, 15) is 4.79 Å². The molecule has 0 aromatic heterocycles. The Kier molecular flexibility index (Phi) is 7.26. The minimum Gasteiger partial charge on any atom is -0.326 e. The van der Waals surface area contributed by atoms with Crippen molar-refractivity contribution in [3.05, 3.63) is 71.3 Å². The molecule has 0 heterocycles. The van der Waals surface area contributed by atoms with E-state index >= 15 is 0 Å². The molecular weight excluding hydrogens is 290 g/mol. The standard InChI is InChI=1S/C18H23N3O2/c19-12-16-8-6-15(7-9-16)10-11-23-21-18(22)14-20-13-17-4-2-1-3-5-17/h1-9,20H,10-14,19H2,(H,21,22). The Morgan fingerprint density at radius 3 is 2.35 bits per heavy atom. The molecule has 0 unspecified atom stereocenters. The van der Waals surface area contributed by atoms with Crippen molar-refractivity contribution in [2.24, 2.45) is 5.73 Å². The van der Waals surface area contributed by atoms with E-state index in [2.05, 4.69) is 10.8 Å². The Labute approximate surface area is 136 Å². The Bertz CT molecular complexity index is 585. The molecule has 122 valence electrons. The summed E-state index contributed by atoms with van der Waals surface area (Å²) in [6.07, 6.45) is 0.739. The molecule has 0 spiro atoms. The first-order valence-electron chi connectivity index (χ1n) is 7.71. The van der Waals surface area contributed by atoms with Gasteiger partial charge in [-0.1, -0.05) is 54.6 Å². The Morgan fingerprint density at radius 2 is 1.65 bits per heavy atom. The van der Waals surface area contributed by atoms with Gasteiger partial charge in [0.25, 0.3) is 5.91 Å². The number of hydrogen-bond acceptors (Lipinski definition) is 4. The van der Waals surface area contributed by atoms with Crippen LogP contribution in [-0.2, 0) is 29.1 Å². The molecule has 5 nitrogen and oxygen atoms in total. The maximum atomic E-state index is 11.6. The number of nitrogens with one attached hydrogen (secondary N) is 2. The van der Waals surface area contributed by atoms with Gasteiger partial charge in [0.1, 0.15) is 0 Å². The summed E-state index contributed by atoms with van der Waals surface area (Å²) in [6.45, 7) is 1.86. The van der Waals surface area contributed by atoms with Crippen molar-refractivity contribution in [2.75, 3.05) is 13.2 Å². The van der Waals surface area contributed by atoms with Gasteiger partial charge in [-0.3, -0.25) is 9.63 Å². The molecule has 0 fully saturated rings. The number of amides is 1. The van der Waals surface area contributed by atoms with Crippen molar-refractivity contribution in [1.29, 1.82) is 0 Å². The first kappa shape index (κ1) is 17.1. The summed E-state index contributed by atoms with van der Waals surface area (Å²) in [6, 6.07) is 18.0. The lowest BCUT2D eigenvalue weighted by Gasteiger charge is -2.07. The molecule has 1 amide bonds. The van der Waals surface area contributed by atoms with Crippen molar-refractivity contribution in [2.45, 2.75) is 19.5 Å². The second-order valence-electron chi connectivity index (χ2n) is 5.23. The third-order valence-electron chi connectivity index (χ3n) is 3.39. The van der Waals surface area contributed by atoms with E-state index < -0.39 is 0 Å². The molecule has 0 bridgehead atoms. The fourth-order valence-electron chi connectivity index (χ4n) is 2.09. The maximum Gasteiger partial charge on any atom is 0.257 e. The van der Waals surface area contributed by atoms with Crippen molar-refractivity contribution in [1.82, 2.24) is 10.8 Å². The Morgan fingerprint density at radius 1 is 0.957 bits per heavy atom. The number of nitrogens with two attached hydrogens (primary N) is 1. The summed E-state index contributed by atoms with van der Waals surface area (Å²) in [4.78, 5) is 16.8. The molecule has 0 aliphatic carbocycles. The van der Waals surface area contributed by atoms with Crippen LogP contribution in [0.1, 0.15) is 16.7 Å². The SMILES string of the molecule is NCc1ccc(CCONC(=O)CNCc2ccccc2)cc1. The highest BCUT2D eigenvalue weighted by molar-refractivity contribution is 5.76. The monoisotopic (exact) mass is 313 g/mol. The molecule has 2 aromatic carbocycles. The van der Waals surface area contributed by atoms with Crippen LogP contribution in [0.4, 0.5) is 0 Å². The van der Waals surface area contributed by atoms with Crippen LogP contribution in [0.2, 0.25) is 0 Å². The van der Waals surface area contributed by atoms with Gasteiger partial charge in [-0.25, -0.2) is 5.48 Å². The van der Waals surface area contributed by atoms with Gasteiger partial charge >= 0.3 is 0 Å². The Hall–Kier alpha value is -2.21. The summed E-state index contributed by atoms with van der Waals surface area (Å²) in [5.74, 6) is -0.181. The van der Waals surface area contributed by atoms with Crippen LogP contribution in [0, 0.1) is 0 Å². The van der Waals surface area contributed by atoms with Crippen molar-refractivity contribution in [3.8, 4) is 0 Å². The summed E-state index contributed by atoms with van der Waals surface area (Å²) in [5.41, 5.74) is 11.4. The average molecular weight is 313 g/mol. The molecule has 0 aliphatic rings. The molecule has 23 heavy (non-hydrogen) atoms. The predicted molar refractivity (Wildman–Crippen MR) is 90.3 cm³/mol. The molecule has 0 atom stereocenters. The molecule has 2 aromatic rings. The number of rotatable bonds is 9. The van der Waals surface area contributed by atoms with Gasteiger partial charge in [0.2, 0.25) is 0 Å². The number of hydroxylamine groups is 1. The molecule has 0 aliphatic heterocycles. The van der Waals surface area contributed by atoms with Crippen LogP contribution in [0.3, 0.4) is 0 Å². The van der Waals surface area contributed by atoms with Gasteiger partial charge in [0.15, 0.2) is 0 Å². The van der Waals surface area contributed by atoms with E-state index in [0.29, 0.717) is 19.7 Å². The van der Waals surface area contributed by atoms with Gasteiger partial charge in [0.05, 0.1) is 13.2 Å². The zero-order valence-electron chi connectivity index (χ0n) is 13.1. The average Bonchev–Trinajstić information content (AvgIpc) is 2.60. The molecule has 5 heteroatoms. The Balaban J connectivity index is 1.55. The summed E-state index contributed by atoms with van der Waals surface area (Å²) < 4.78 is 0. The van der Waals surface area contributed by atoms with E-state index in [4.69, 9.17) is 10.6 Å². The zero-order chi connectivity index (χ0) is 16.3. The van der Waals surface area contributed by atoms with Crippen molar-refractivity contribution < 1.29 is 9.63 Å². The summed E-state index contributed by atoms with van der Waals surface area (Å²) in [5, 5.41) is 3.07. The minimum absolute atomic E-state index is 0.181. The molecule has 0 saturated heterocycles. The second kappa shape index (κ2) is 9.74. The second-order valence-corrected chi connectivity index (χ2v) is 5.23. The lowest BCUT2D eigenvalue weighted by atomic mass is 10.1.